The Labute approximate surface area is 101 Å². The van der Waals surface area contributed by atoms with Gasteiger partial charge >= 0.3 is 0 Å². The fraction of sp³-hybridized carbons (Fsp3) is 0.500. The van der Waals surface area contributed by atoms with E-state index in [1.54, 1.807) is 0 Å². The van der Waals surface area contributed by atoms with E-state index in [1.807, 2.05) is 6.07 Å². The Morgan fingerprint density at radius 2 is 2.00 bits per heavy atom. The van der Waals surface area contributed by atoms with E-state index in [-0.39, 0.29) is 11.4 Å². The van der Waals surface area contributed by atoms with Crippen molar-refractivity contribution >= 4 is 17.1 Å². The van der Waals surface area contributed by atoms with Gasteiger partial charge in [-0.05, 0) is 41.4 Å². The van der Waals surface area contributed by atoms with Gasteiger partial charge in [-0.1, -0.05) is 26.8 Å². The summed E-state index contributed by atoms with van der Waals surface area (Å²) in [5, 5.41) is 0. The lowest BCUT2D eigenvalue weighted by Gasteiger charge is -2.23. The standard InChI is InChI=1S/C14H18N2O/c1-14(2,3)11-9(8-4-5-8)6-7-10-12(11)16-13(15)17-10/h6-8H,4-5H2,1-3H3,(H2,15,16). The van der Waals surface area contributed by atoms with E-state index in [1.165, 1.54) is 24.0 Å². The molecule has 1 aliphatic carbocycles. The number of oxazole rings is 1. The molecule has 1 saturated carbocycles. The molecule has 2 aromatic rings. The Morgan fingerprint density at radius 3 is 2.59 bits per heavy atom. The van der Waals surface area contributed by atoms with Crippen LogP contribution in [0.5, 0.6) is 0 Å². The van der Waals surface area contributed by atoms with Gasteiger partial charge in [0.05, 0.1) is 0 Å². The number of fused-ring (bicyclic) bond motifs is 1. The minimum Gasteiger partial charge on any atom is -0.424 e. The SMILES string of the molecule is CC(C)(C)c1c(C2CC2)ccc2oc(N)nc12. The average molecular weight is 230 g/mol. The Bertz CT molecular complexity index is 574. The fourth-order valence-corrected chi connectivity index (χ4v) is 2.55. The summed E-state index contributed by atoms with van der Waals surface area (Å²) in [6, 6.07) is 4.45. The first kappa shape index (κ1) is 10.6. The van der Waals surface area contributed by atoms with Crippen LogP contribution in [0.1, 0.15) is 50.7 Å². The third-order valence-electron chi connectivity index (χ3n) is 3.38. The van der Waals surface area contributed by atoms with Crippen LogP contribution in [0.4, 0.5) is 6.01 Å². The summed E-state index contributed by atoms with van der Waals surface area (Å²) in [5.41, 5.74) is 10.2. The summed E-state index contributed by atoms with van der Waals surface area (Å²) in [4.78, 5) is 4.36. The van der Waals surface area contributed by atoms with Gasteiger partial charge in [0.25, 0.3) is 6.01 Å². The molecule has 0 atom stereocenters. The van der Waals surface area contributed by atoms with E-state index < -0.39 is 0 Å². The molecule has 0 radical (unpaired) electrons. The monoisotopic (exact) mass is 230 g/mol. The molecule has 3 heteroatoms. The van der Waals surface area contributed by atoms with Crippen LogP contribution in [0.2, 0.25) is 0 Å². The minimum atomic E-state index is 0.0702. The van der Waals surface area contributed by atoms with Crippen molar-refractivity contribution in [1.29, 1.82) is 0 Å². The third-order valence-corrected chi connectivity index (χ3v) is 3.38. The second-order valence-corrected chi connectivity index (χ2v) is 5.95. The zero-order valence-corrected chi connectivity index (χ0v) is 10.6. The number of anilines is 1. The molecule has 3 rings (SSSR count). The minimum absolute atomic E-state index is 0.0702. The summed E-state index contributed by atoms with van der Waals surface area (Å²) < 4.78 is 5.43. The molecule has 0 aliphatic heterocycles. The zero-order valence-electron chi connectivity index (χ0n) is 10.6. The van der Waals surface area contributed by atoms with Gasteiger partial charge in [-0.25, -0.2) is 0 Å². The summed E-state index contributed by atoms with van der Waals surface area (Å²) in [6.45, 7) is 6.66. The molecule has 0 spiro atoms. The van der Waals surface area contributed by atoms with Gasteiger partial charge in [-0.2, -0.15) is 4.98 Å². The largest absolute Gasteiger partial charge is 0.424 e. The lowest BCUT2D eigenvalue weighted by molar-refractivity contribution is 0.586. The Morgan fingerprint density at radius 1 is 1.29 bits per heavy atom. The predicted molar refractivity (Wildman–Crippen MR) is 69.1 cm³/mol. The van der Waals surface area contributed by atoms with Crippen molar-refractivity contribution in [3.63, 3.8) is 0 Å². The summed E-state index contributed by atoms with van der Waals surface area (Å²) in [5.74, 6) is 0.714. The van der Waals surface area contributed by atoms with Gasteiger partial charge in [-0.15, -0.1) is 0 Å². The van der Waals surface area contributed by atoms with Gasteiger partial charge in [0.15, 0.2) is 5.58 Å². The first-order chi connectivity index (χ1) is 7.97. The van der Waals surface area contributed by atoms with Gasteiger partial charge in [0, 0.05) is 0 Å². The first-order valence-electron chi connectivity index (χ1n) is 6.16. The molecule has 0 bridgehead atoms. The van der Waals surface area contributed by atoms with Gasteiger partial charge in [0.1, 0.15) is 5.52 Å². The van der Waals surface area contributed by atoms with Crippen LogP contribution >= 0.6 is 0 Å². The van der Waals surface area contributed by atoms with Crippen molar-refractivity contribution in [2.24, 2.45) is 0 Å². The maximum atomic E-state index is 5.67. The molecule has 1 fully saturated rings. The van der Waals surface area contributed by atoms with E-state index >= 15 is 0 Å². The van der Waals surface area contributed by atoms with Crippen LogP contribution in [0, 0.1) is 0 Å². The van der Waals surface area contributed by atoms with Crippen molar-refractivity contribution in [3.8, 4) is 0 Å². The number of hydrogen-bond acceptors (Lipinski definition) is 3. The summed E-state index contributed by atoms with van der Waals surface area (Å²) in [6.07, 6.45) is 2.59. The number of hydrogen-bond donors (Lipinski definition) is 1. The van der Waals surface area contributed by atoms with Crippen LogP contribution in [-0.4, -0.2) is 4.98 Å². The quantitative estimate of drug-likeness (QED) is 0.814. The molecule has 17 heavy (non-hydrogen) atoms. The second-order valence-electron chi connectivity index (χ2n) is 5.95. The Balaban J connectivity index is 2.33. The van der Waals surface area contributed by atoms with Crippen molar-refractivity contribution in [2.75, 3.05) is 5.73 Å². The van der Waals surface area contributed by atoms with Crippen molar-refractivity contribution in [2.45, 2.75) is 44.9 Å². The van der Waals surface area contributed by atoms with Gasteiger partial charge in [0.2, 0.25) is 0 Å². The highest BCUT2D eigenvalue weighted by Gasteiger charge is 2.32. The maximum absolute atomic E-state index is 5.67. The normalized spacial score (nSPS) is 16.6. The lowest BCUT2D eigenvalue weighted by atomic mass is 9.81. The van der Waals surface area contributed by atoms with Crippen molar-refractivity contribution in [3.05, 3.63) is 23.3 Å². The fourth-order valence-electron chi connectivity index (χ4n) is 2.55. The van der Waals surface area contributed by atoms with E-state index in [2.05, 4.69) is 31.8 Å². The smallest absolute Gasteiger partial charge is 0.292 e. The highest BCUT2D eigenvalue weighted by molar-refractivity contribution is 5.81. The molecule has 90 valence electrons. The van der Waals surface area contributed by atoms with Crippen LogP contribution in [0.25, 0.3) is 11.1 Å². The molecule has 1 heterocycles. The molecule has 1 aliphatic rings. The number of nitrogens with zero attached hydrogens (tertiary/aromatic N) is 1. The number of nitrogen functional groups attached to an aromatic ring is 1. The van der Waals surface area contributed by atoms with E-state index in [0.29, 0.717) is 5.92 Å². The maximum Gasteiger partial charge on any atom is 0.292 e. The molecule has 1 aromatic heterocycles. The van der Waals surface area contributed by atoms with Crippen LogP contribution in [-0.2, 0) is 5.41 Å². The molecule has 1 aromatic carbocycles. The van der Waals surface area contributed by atoms with E-state index in [4.69, 9.17) is 10.2 Å². The van der Waals surface area contributed by atoms with Crippen molar-refractivity contribution < 1.29 is 4.42 Å². The molecule has 3 nitrogen and oxygen atoms in total. The number of aromatic nitrogens is 1. The third kappa shape index (κ3) is 1.70. The van der Waals surface area contributed by atoms with E-state index in [9.17, 15) is 0 Å². The summed E-state index contributed by atoms with van der Waals surface area (Å²) in [7, 11) is 0. The Hall–Kier alpha value is -1.51. The predicted octanol–water partition coefficient (Wildman–Crippen LogP) is 3.58. The lowest BCUT2D eigenvalue weighted by Crippen LogP contribution is -2.14. The van der Waals surface area contributed by atoms with Crippen molar-refractivity contribution in [1.82, 2.24) is 4.98 Å². The van der Waals surface area contributed by atoms with E-state index in [0.717, 1.165) is 11.1 Å². The first-order valence-corrected chi connectivity index (χ1v) is 6.16. The Kier molecular flexibility index (Phi) is 2.03. The van der Waals surface area contributed by atoms with Gasteiger partial charge < -0.3 is 10.2 Å². The molecular formula is C14H18N2O. The highest BCUT2D eigenvalue weighted by atomic mass is 16.4. The van der Waals surface area contributed by atoms with Crippen LogP contribution in [0.3, 0.4) is 0 Å². The molecule has 2 N–H and O–H groups in total. The number of benzene rings is 1. The van der Waals surface area contributed by atoms with Gasteiger partial charge in [-0.3, -0.25) is 0 Å². The number of rotatable bonds is 1. The zero-order chi connectivity index (χ0) is 12.2. The van der Waals surface area contributed by atoms with Crippen LogP contribution < -0.4 is 5.73 Å². The summed E-state index contributed by atoms with van der Waals surface area (Å²) >= 11 is 0. The molecule has 0 saturated heterocycles. The van der Waals surface area contributed by atoms with Crippen LogP contribution in [0.15, 0.2) is 16.5 Å². The molecular weight excluding hydrogens is 212 g/mol. The number of nitrogens with two attached hydrogens (primary N) is 1. The second kappa shape index (κ2) is 3.25. The highest BCUT2D eigenvalue weighted by Crippen LogP contribution is 2.46. The average Bonchev–Trinajstić information content (AvgIpc) is 2.97. The molecule has 0 amide bonds. The topological polar surface area (TPSA) is 52.0 Å². The molecule has 0 unspecified atom stereocenters.